The summed E-state index contributed by atoms with van der Waals surface area (Å²) in [5.41, 5.74) is 0.962. The summed E-state index contributed by atoms with van der Waals surface area (Å²) in [4.78, 5) is 11.8. The lowest BCUT2D eigenvalue weighted by molar-refractivity contribution is 0.301. The van der Waals surface area contributed by atoms with Gasteiger partial charge < -0.3 is 9.30 Å². The normalized spacial score (nSPS) is 10.6. The van der Waals surface area contributed by atoms with Gasteiger partial charge in [-0.2, -0.15) is 0 Å². The van der Waals surface area contributed by atoms with E-state index in [1.807, 2.05) is 31.2 Å². The lowest BCUT2D eigenvalue weighted by atomic mass is 10.2. The summed E-state index contributed by atoms with van der Waals surface area (Å²) in [5, 5.41) is 0.589. The summed E-state index contributed by atoms with van der Waals surface area (Å²) >= 11 is 11.7. The Balaban J connectivity index is 1.87. The number of pyridine rings is 1. The predicted molar refractivity (Wildman–Crippen MR) is 82.0 cm³/mol. The highest BCUT2D eigenvalue weighted by Gasteiger charge is 2.03. The van der Waals surface area contributed by atoms with E-state index in [0.717, 1.165) is 5.75 Å². The zero-order chi connectivity index (χ0) is 14.5. The highest BCUT2D eigenvalue weighted by Crippen LogP contribution is 2.13. The van der Waals surface area contributed by atoms with Crippen LogP contribution in [0.4, 0.5) is 0 Å². The first-order chi connectivity index (χ1) is 9.56. The van der Waals surface area contributed by atoms with Crippen molar-refractivity contribution in [2.75, 3.05) is 6.61 Å². The molecule has 0 aliphatic heterocycles. The summed E-state index contributed by atoms with van der Waals surface area (Å²) in [7, 11) is 0. The van der Waals surface area contributed by atoms with Crippen molar-refractivity contribution in [2.24, 2.45) is 0 Å². The van der Waals surface area contributed by atoms with E-state index in [1.165, 1.54) is 16.2 Å². The van der Waals surface area contributed by atoms with E-state index in [1.54, 1.807) is 6.20 Å². The van der Waals surface area contributed by atoms with Gasteiger partial charge in [-0.25, -0.2) is 0 Å². The molecule has 0 saturated heterocycles. The second-order valence-electron chi connectivity index (χ2n) is 4.52. The van der Waals surface area contributed by atoms with Crippen molar-refractivity contribution >= 4 is 23.2 Å². The fraction of sp³-hybridized carbons (Fsp3) is 0.267. The van der Waals surface area contributed by atoms with Crippen LogP contribution in [0.5, 0.6) is 5.75 Å². The molecule has 106 valence electrons. The highest BCUT2D eigenvalue weighted by molar-refractivity contribution is 6.34. The number of aromatic nitrogens is 1. The highest BCUT2D eigenvalue weighted by atomic mass is 35.5. The van der Waals surface area contributed by atoms with Crippen molar-refractivity contribution < 1.29 is 4.74 Å². The van der Waals surface area contributed by atoms with Gasteiger partial charge in [0.2, 0.25) is 0 Å². The molecule has 3 nitrogen and oxygen atoms in total. The van der Waals surface area contributed by atoms with Crippen molar-refractivity contribution in [1.29, 1.82) is 0 Å². The number of hydrogen-bond acceptors (Lipinski definition) is 2. The van der Waals surface area contributed by atoms with Crippen LogP contribution >= 0.6 is 23.2 Å². The van der Waals surface area contributed by atoms with E-state index < -0.39 is 0 Å². The van der Waals surface area contributed by atoms with Gasteiger partial charge >= 0.3 is 0 Å². The van der Waals surface area contributed by atoms with Crippen LogP contribution in [-0.4, -0.2) is 11.2 Å². The number of hydrogen-bond donors (Lipinski definition) is 0. The standard InChI is InChI=1S/C15H15Cl2NO2/c1-11-3-5-13(6-4-11)20-8-2-7-18-10-12(16)9-14(17)15(18)19/h3-6,9-10H,2,7-8H2,1H3. The molecular formula is C15H15Cl2NO2. The summed E-state index contributed by atoms with van der Waals surface area (Å²) < 4.78 is 7.10. The van der Waals surface area contributed by atoms with E-state index in [-0.39, 0.29) is 10.6 Å². The first-order valence-corrected chi connectivity index (χ1v) is 7.07. The zero-order valence-corrected chi connectivity index (χ0v) is 12.6. The third-order valence-corrected chi connectivity index (χ3v) is 3.32. The molecule has 0 N–H and O–H groups in total. The molecular weight excluding hydrogens is 297 g/mol. The molecule has 0 bridgehead atoms. The molecule has 0 saturated carbocycles. The fourth-order valence-corrected chi connectivity index (χ4v) is 2.30. The van der Waals surface area contributed by atoms with E-state index in [9.17, 15) is 4.79 Å². The Morgan fingerprint density at radius 2 is 1.90 bits per heavy atom. The van der Waals surface area contributed by atoms with Gasteiger partial charge in [0, 0.05) is 12.7 Å². The van der Waals surface area contributed by atoms with Crippen LogP contribution in [-0.2, 0) is 6.54 Å². The SMILES string of the molecule is Cc1ccc(OCCCn2cc(Cl)cc(Cl)c2=O)cc1. The number of rotatable bonds is 5. The van der Waals surface area contributed by atoms with Crippen molar-refractivity contribution in [3.05, 3.63) is 62.5 Å². The summed E-state index contributed by atoms with van der Waals surface area (Å²) in [5.74, 6) is 0.826. The molecule has 2 rings (SSSR count). The van der Waals surface area contributed by atoms with E-state index in [2.05, 4.69) is 0 Å². The minimum absolute atomic E-state index is 0.136. The molecule has 0 amide bonds. The number of nitrogens with zero attached hydrogens (tertiary/aromatic N) is 1. The third kappa shape index (κ3) is 4.02. The maximum atomic E-state index is 11.8. The minimum Gasteiger partial charge on any atom is -0.494 e. The molecule has 0 radical (unpaired) electrons. The van der Waals surface area contributed by atoms with Crippen LogP contribution in [0.25, 0.3) is 0 Å². The monoisotopic (exact) mass is 311 g/mol. The van der Waals surface area contributed by atoms with E-state index in [0.29, 0.717) is 24.6 Å². The lowest BCUT2D eigenvalue weighted by Gasteiger charge is -2.09. The smallest absolute Gasteiger partial charge is 0.269 e. The molecule has 2 aromatic rings. The first-order valence-electron chi connectivity index (χ1n) is 6.31. The van der Waals surface area contributed by atoms with E-state index in [4.69, 9.17) is 27.9 Å². The average molecular weight is 312 g/mol. The molecule has 1 aromatic heterocycles. The lowest BCUT2D eigenvalue weighted by Crippen LogP contribution is -2.20. The second-order valence-corrected chi connectivity index (χ2v) is 5.36. The van der Waals surface area contributed by atoms with Gasteiger partial charge in [0.1, 0.15) is 10.8 Å². The Morgan fingerprint density at radius 1 is 1.20 bits per heavy atom. The maximum absolute atomic E-state index is 11.8. The van der Waals surface area contributed by atoms with Crippen LogP contribution in [0.2, 0.25) is 10.0 Å². The first kappa shape index (κ1) is 14.9. The van der Waals surface area contributed by atoms with Crippen molar-refractivity contribution in [3.63, 3.8) is 0 Å². The minimum atomic E-state index is -0.230. The Labute approximate surface area is 127 Å². The van der Waals surface area contributed by atoms with Gasteiger partial charge in [-0.1, -0.05) is 40.9 Å². The van der Waals surface area contributed by atoms with Crippen LogP contribution < -0.4 is 10.3 Å². The van der Waals surface area contributed by atoms with Gasteiger partial charge in [-0.15, -0.1) is 0 Å². The molecule has 0 atom stereocenters. The Morgan fingerprint density at radius 3 is 2.60 bits per heavy atom. The van der Waals surface area contributed by atoms with Gasteiger partial charge in [-0.05, 0) is 31.5 Å². The number of benzene rings is 1. The van der Waals surface area contributed by atoms with Crippen LogP contribution in [0.15, 0.2) is 41.3 Å². The average Bonchev–Trinajstić information content (AvgIpc) is 2.42. The van der Waals surface area contributed by atoms with Crippen LogP contribution in [0, 0.1) is 6.92 Å². The summed E-state index contributed by atoms with van der Waals surface area (Å²) in [6, 6.07) is 9.30. The second kappa shape index (κ2) is 6.82. The number of ether oxygens (including phenoxy) is 1. The molecule has 0 fully saturated rings. The van der Waals surface area contributed by atoms with Gasteiger partial charge in [0.25, 0.3) is 5.56 Å². The molecule has 1 heterocycles. The molecule has 5 heteroatoms. The Bertz CT molecular complexity index is 635. The largest absolute Gasteiger partial charge is 0.494 e. The van der Waals surface area contributed by atoms with Crippen LogP contribution in [0.1, 0.15) is 12.0 Å². The van der Waals surface area contributed by atoms with Crippen molar-refractivity contribution in [2.45, 2.75) is 19.9 Å². The zero-order valence-electron chi connectivity index (χ0n) is 11.1. The molecule has 0 spiro atoms. The number of aryl methyl sites for hydroxylation is 2. The van der Waals surface area contributed by atoms with Crippen molar-refractivity contribution in [1.82, 2.24) is 4.57 Å². The van der Waals surface area contributed by atoms with E-state index >= 15 is 0 Å². The summed E-state index contributed by atoms with van der Waals surface area (Å²) in [6.07, 6.45) is 2.28. The molecule has 0 unspecified atom stereocenters. The van der Waals surface area contributed by atoms with Crippen LogP contribution in [0.3, 0.4) is 0 Å². The Kier molecular flexibility index (Phi) is 5.10. The molecule has 0 aliphatic rings. The summed E-state index contributed by atoms with van der Waals surface area (Å²) in [6.45, 7) is 3.07. The molecule has 0 aliphatic carbocycles. The Hall–Kier alpha value is -1.45. The topological polar surface area (TPSA) is 31.2 Å². The van der Waals surface area contributed by atoms with Crippen molar-refractivity contribution in [3.8, 4) is 5.75 Å². The van der Waals surface area contributed by atoms with Gasteiger partial charge in [0.05, 0.1) is 11.6 Å². The molecule has 1 aromatic carbocycles. The van der Waals surface area contributed by atoms with Gasteiger partial charge in [0.15, 0.2) is 0 Å². The van der Waals surface area contributed by atoms with Gasteiger partial charge in [-0.3, -0.25) is 4.79 Å². The number of halogens is 2. The maximum Gasteiger partial charge on any atom is 0.269 e. The quantitative estimate of drug-likeness (QED) is 0.783. The third-order valence-electron chi connectivity index (χ3n) is 2.84. The molecule has 20 heavy (non-hydrogen) atoms. The fourth-order valence-electron chi connectivity index (χ4n) is 1.79. The predicted octanol–water partition coefficient (Wildman–Crippen LogP) is 3.93.